The average molecular weight is 1500 g/mol. The molecule has 3 amide bonds. The molecule has 3 fully saturated rings. The van der Waals surface area contributed by atoms with Gasteiger partial charge in [-0.2, -0.15) is 0 Å². The van der Waals surface area contributed by atoms with Gasteiger partial charge in [-0.15, -0.1) is 0 Å². The molecule has 7 aliphatic heterocycles. The van der Waals surface area contributed by atoms with Gasteiger partial charge in [0.05, 0.1) is 79.6 Å². The number of amides is 3. The van der Waals surface area contributed by atoms with Crippen LogP contribution in [0.3, 0.4) is 0 Å². The van der Waals surface area contributed by atoms with Crippen LogP contribution in [-0.4, -0.2) is 216 Å². The minimum absolute atomic E-state index is 0.259. The van der Waals surface area contributed by atoms with Crippen LogP contribution in [0, 0.1) is 0 Å². The van der Waals surface area contributed by atoms with E-state index in [2.05, 4.69) is 91.5 Å². The van der Waals surface area contributed by atoms with E-state index in [9.17, 15) is 14.4 Å². The molecule has 6 N–H and O–H groups in total. The Morgan fingerprint density at radius 1 is 0.382 bits per heavy atom. The minimum atomic E-state index is -0.313. The van der Waals surface area contributed by atoms with Gasteiger partial charge in [-0.1, -0.05) is 0 Å². The fourth-order valence-electron chi connectivity index (χ4n) is 13.7. The summed E-state index contributed by atoms with van der Waals surface area (Å²) in [5.74, 6) is 4.73. The molecule has 0 saturated carbocycles. The van der Waals surface area contributed by atoms with Crippen LogP contribution in [0.15, 0.2) is 129 Å². The zero-order chi connectivity index (χ0) is 75.6. The van der Waals surface area contributed by atoms with Crippen molar-refractivity contribution in [2.75, 3.05) is 199 Å². The van der Waals surface area contributed by atoms with Crippen molar-refractivity contribution in [2.24, 2.45) is 0 Å². The highest BCUT2D eigenvalue weighted by Gasteiger charge is 2.31. The maximum atomic E-state index is 13.2. The number of benzene rings is 3. The minimum Gasteiger partial charge on any atom is -0.493 e. The van der Waals surface area contributed by atoms with Crippen LogP contribution in [0.1, 0.15) is 64.8 Å². The summed E-state index contributed by atoms with van der Waals surface area (Å²) in [4.78, 5) is 91.9. The van der Waals surface area contributed by atoms with Crippen LogP contribution < -0.4 is 89.7 Å². The first-order chi connectivity index (χ1) is 54.1. The Balaban J connectivity index is 0.000000138. The third kappa shape index (κ3) is 18.3. The van der Waals surface area contributed by atoms with E-state index < -0.39 is 0 Å². The van der Waals surface area contributed by atoms with E-state index in [-0.39, 0.29) is 35.9 Å². The largest absolute Gasteiger partial charge is 0.493 e. The van der Waals surface area contributed by atoms with Crippen LogP contribution in [0.2, 0.25) is 0 Å². The van der Waals surface area contributed by atoms with E-state index in [1.165, 1.54) is 0 Å². The summed E-state index contributed by atoms with van der Waals surface area (Å²) in [7, 11) is 6.53. The van der Waals surface area contributed by atoms with Gasteiger partial charge in [-0.25, -0.2) is 29.9 Å². The van der Waals surface area contributed by atoms with E-state index in [4.69, 9.17) is 42.6 Å². The van der Waals surface area contributed by atoms with Crippen molar-refractivity contribution in [2.45, 2.75) is 39.3 Å². The Kier molecular flexibility index (Phi) is 24.8. The molecule has 3 aromatic carbocycles. The van der Waals surface area contributed by atoms with E-state index in [0.717, 1.165) is 140 Å². The molecule has 9 aromatic rings. The van der Waals surface area contributed by atoms with Gasteiger partial charge >= 0.3 is 0 Å². The number of nitrogens with zero attached hydrogens (tertiary/aromatic N) is 15. The summed E-state index contributed by atoms with van der Waals surface area (Å²) in [6, 6.07) is 22.6. The molecule has 0 spiro atoms. The lowest BCUT2D eigenvalue weighted by atomic mass is 10.1. The molecule has 0 unspecified atom stereocenters. The van der Waals surface area contributed by atoms with Crippen LogP contribution >= 0.6 is 0 Å². The van der Waals surface area contributed by atoms with Crippen molar-refractivity contribution >= 4 is 69.7 Å². The van der Waals surface area contributed by atoms with Crippen molar-refractivity contribution in [3.8, 4) is 34.5 Å². The standard InChI is InChI=1S/C28H35N7O5.C26H31N7O4.C23H23N7O3/c1-37-11-13-39-25-15-20-18-35(19-21(20)16-26(25)40-14-12-38-2)28-31-6-3-22(33-28)27(36)32-23-17-30-5-4-24(23)34-9-7-29-8-10-34;1-35-11-12-37-24-14-19-17-33(16-18(19)13-23(24)36-2)26-29-6-3-20(31-26)25(34)30-21-15-28-5-4-22(21)32-9-7-27-8-10-32;31-22(27-18-11-25-3-2-19(18)29-7-5-24-6-8-29)17-1-4-26-23(28-17)30-12-15-9-20-21(33-14-32-20)10-16(15)13-30/h3-6,15-17,29H,7-14,18-19H2,1-2H3,(H,32,36);3-6,13-15,27H,7-12,16-17H2,1-2H3,(H,30,34);1-4,9-11,24H,5-8,12-14H2,(H,27,31). The molecule has 33 nitrogen and oxygen atoms in total. The monoisotopic (exact) mass is 1500 g/mol. The molecule has 0 radical (unpaired) electrons. The topological polar surface area (TPSA) is 342 Å². The number of ether oxygens (including phenoxy) is 9. The number of anilines is 9. The van der Waals surface area contributed by atoms with Gasteiger partial charge in [0, 0.05) is 176 Å². The van der Waals surface area contributed by atoms with Gasteiger partial charge < -0.3 is 104 Å². The van der Waals surface area contributed by atoms with Gasteiger partial charge in [0.25, 0.3) is 17.7 Å². The molecule has 6 aromatic heterocycles. The van der Waals surface area contributed by atoms with Crippen LogP contribution in [0.25, 0.3) is 0 Å². The summed E-state index contributed by atoms with van der Waals surface area (Å²) < 4.78 is 49.5. The number of rotatable bonds is 25. The van der Waals surface area contributed by atoms with E-state index in [0.29, 0.717) is 143 Å². The van der Waals surface area contributed by atoms with Gasteiger partial charge in [0.15, 0.2) is 34.5 Å². The zero-order valence-corrected chi connectivity index (χ0v) is 61.9. The second kappa shape index (κ2) is 36.3. The van der Waals surface area contributed by atoms with Crippen molar-refractivity contribution in [3.63, 3.8) is 0 Å². The number of aromatic nitrogens is 9. The zero-order valence-electron chi connectivity index (χ0n) is 61.9. The molecule has 0 bridgehead atoms. The molecule has 110 heavy (non-hydrogen) atoms. The summed E-state index contributed by atoms with van der Waals surface area (Å²) in [6.07, 6.45) is 15.1. The Labute approximate surface area is 636 Å². The number of hydrogen-bond acceptors (Lipinski definition) is 30. The van der Waals surface area contributed by atoms with Gasteiger partial charge in [-0.05, 0) is 106 Å². The predicted octanol–water partition coefficient (Wildman–Crippen LogP) is 5.97. The first-order valence-electron chi connectivity index (χ1n) is 36.6. The molecule has 3 saturated heterocycles. The molecule has 0 aliphatic carbocycles. The molecule has 7 aliphatic rings. The maximum Gasteiger partial charge on any atom is 0.274 e. The van der Waals surface area contributed by atoms with Gasteiger partial charge in [0.2, 0.25) is 24.6 Å². The van der Waals surface area contributed by atoms with Crippen molar-refractivity contribution < 1.29 is 57.0 Å². The van der Waals surface area contributed by atoms with E-state index >= 15 is 0 Å². The number of hydrogen-bond donors (Lipinski definition) is 6. The second-order valence-corrected chi connectivity index (χ2v) is 26.4. The van der Waals surface area contributed by atoms with Crippen molar-refractivity contribution in [3.05, 3.63) is 179 Å². The quantitative estimate of drug-likeness (QED) is 0.0359. The third-order valence-electron chi connectivity index (χ3n) is 19.2. The van der Waals surface area contributed by atoms with Crippen LogP contribution in [-0.2, 0) is 53.5 Å². The number of fused-ring (bicyclic) bond motifs is 4. The fraction of sp³-hybridized carbons (Fsp3) is 0.377. The Morgan fingerprint density at radius 3 is 0.991 bits per heavy atom. The molecule has 13 heterocycles. The van der Waals surface area contributed by atoms with E-state index in [1.807, 2.05) is 69.3 Å². The summed E-state index contributed by atoms with van der Waals surface area (Å²) >= 11 is 0. The number of pyridine rings is 3. The van der Waals surface area contributed by atoms with Crippen LogP contribution in [0.4, 0.5) is 52.0 Å². The lowest BCUT2D eigenvalue weighted by Gasteiger charge is -2.30. The first kappa shape index (κ1) is 75.0. The molecule has 0 atom stereocenters. The number of carbonyl (C=O) groups excluding carboxylic acids is 3. The van der Waals surface area contributed by atoms with Crippen molar-refractivity contribution in [1.82, 2.24) is 60.8 Å². The predicted molar refractivity (Wildman–Crippen MR) is 412 cm³/mol. The van der Waals surface area contributed by atoms with Gasteiger partial charge in [-0.3, -0.25) is 29.3 Å². The second-order valence-electron chi connectivity index (χ2n) is 26.4. The van der Waals surface area contributed by atoms with E-state index in [1.54, 1.807) is 102 Å². The average Bonchev–Trinajstić information content (AvgIpc) is 1.64. The SMILES string of the molecule is COCCOc1cc2c(cc1OC)CN(c1nccc(C(=O)Nc3cnccc3N3CCNCC3)n1)C2.COCCOc1cc2c(cc1OCCOC)CN(c1nccc(C(=O)Nc3cnccc3N3CCNCC3)n1)C2.O=C(Nc1cnccc1N1CCNCC1)c1ccnc(N2Cc3cc4c(cc3C2)OCO4)n1. The number of methoxy groups -OCH3 is 4. The lowest BCUT2D eigenvalue weighted by molar-refractivity contribution is 0.101. The third-order valence-corrected chi connectivity index (χ3v) is 19.2. The smallest absolute Gasteiger partial charge is 0.274 e. The molecular weight excluding hydrogens is 1410 g/mol. The molecule has 574 valence electrons. The number of piperazine rings is 3. The lowest BCUT2D eigenvalue weighted by Crippen LogP contribution is -2.43. The highest BCUT2D eigenvalue weighted by Crippen LogP contribution is 2.41. The summed E-state index contributed by atoms with van der Waals surface area (Å²) in [5, 5.41) is 19.0. The summed E-state index contributed by atoms with van der Waals surface area (Å²) in [5.41, 5.74) is 12.4. The number of nitrogens with one attached hydrogen (secondary N) is 6. The molecule has 16 rings (SSSR count). The first-order valence-corrected chi connectivity index (χ1v) is 36.6. The summed E-state index contributed by atoms with van der Waals surface area (Å²) in [6.45, 7) is 17.2. The maximum absolute atomic E-state index is 13.2. The highest BCUT2D eigenvalue weighted by molar-refractivity contribution is 6.06. The normalized spacial score (nSPS) is 15.3. The fourth-order valence-corrected chi connectivity index (χ4v) is 13.7. The Hall–Kier alpha value is -11.9. The molecule has 33 heteroatoms. The Morgan fingerprint density at radius 2 is 0.682 bits per heavy atom. The Bertz CT molecular complexity index is 4610. The van der Waals surface area contributed by atoms with Gasteiger partial charge in [0.1, 0.15) is 36.9 Å². The van der Waals surface area contributed by atoms with Crippen molar-refractivity contribution in [1.29, 1.82) is 0 Å². The van der Waals surface area contributed by atoms with Crippen LogP contribution in [0.5, 0.6) is 34.5 Å². The number of carbonyl (C=O) groups is 3. The molecular formula is C77H89N21O12. The highest BCUT2D eigenvalue weighted by atomic mass is 16.7.